The topological polar surface area (TPSA) is 17.1 Å². The van der Waals surface area contributed by atoms with Gasteiger partial charge < -0.3 is 29.6 Å². The average Bonchev–Trinajstić information content (AvgIpc) is 1.41. The molecule has 0 aromatic heterocycles. The van der Waals surface area contributed by atoms with E-state index in [2.05, 4.69) is 6.58 Å². The predicted octanol–water partition coefficient (Wildman–Crippen LogP) is -5.32. The van der Waals surface area contributed by atoms with Gasteiger partial charge in [-0.05, 0) is 0 Å². The first-order chi connectivity index (χ1) is 2.41. The summed E-state index contributed by atoms with van der Waals surface area (Å²) < 4.78 is 0. The summed E-state index contributed by atoms with van der Waals surface area (Å²) >= 11 is 0. The van der Waals surface area contributed by atoms with E-state index in [4.69, 9.17) is 0 Å². The molecule has 8 heavy (non-hydrogen) atoms. The number of halogens is 2. The average molecular weight is 199 g/mol. The van der Waals surface area contributed by atoms with Gasteiger partial charge in [-0.1, -0.05) is 0 Å². The molecule has 0 aliphatic heterocycles. The molecular weight excluding hydrogens is 194 g/mol. The molecule has 0 amide bonds. The van der Waals surface area contributed by atoms with Crippen LogP contribution < -0.4 is 24.8 Å². The van der Waals surface area contributed by atoms with E-state index in [0.29, 0.717) is 6.42 Å². The molecule has 0 atom stereocenters. The summed E-state index contributed by atoms with van der Waals surface area (Å²) in [4.78, 5) is 9.21. The van der Waals surface area contributed by atoms with Crippen LogP contribution in [-0.2, 0) is 21.6 Å². The van der Waals surface area contributed by atoms with Gasteiger partial charge in [0.2, 0.25) is 0 Å². The third-order valence-electron chi connectivity index (χ3n) is 0.228. The van der Waals surface area contributed by atoms with Crippen LogP contribution in [0.3, 0.4) is 0 Å². The third-order valence-corrected chi connectivity index (χ3v) is 0.228. The molecule has 0 rings (SSSR count). The van der Waals surface area contributed by atoms with Crippen LogP contribution in [0, 0.1) is 0 Å². The molecule has 4 heteroatoms. The van der Waals surface area contributed by atoms with E-state index in [1.165, 1.54) is 6.08 Å². The first-order valence-electron chi connectivity index (χ1n) is 1.37. The smallest absolute Gasteiger partial charge is 1.00 e. The predicted molar refractivity (Wildman–Crippen MR) is 20.5 cm³/mol. The molecule has 0 aromatic carbocycles. The number of hydrogen-bond donors (Lipinski definition) is 0. The maximum atomic E-state index is 9.21. The summed E-state index contributed by atoms with van der Waals surface area (Å²) in [6, 6.07) is 0. The Balaban J connectivity index is -0.0000000267. The Morgan fingerprint density at radius 1 is 1.50 bits per heavy atom. The Kier molecular flexibility index (Phi) is 76.4. The molecule has 0 spiro atoms. The van der Waals surface area contributed by atoms with Crippen LogP contribution in [0.4, 0.5) is 0 Å². The molecule has 0 aliphatic carbocycles. The Bertz CT molecular complexity index is 43.3. The third kappa shape index (κ3) is 31.5. The van der Waals surface area contributed by atoms with Crippen LogP contribution in [0.1, 0.15) is 6.42 Å². The number of rotatable bonds is 2. The summed E-state index contributed by atoms with van der Waals surface area (Å²) in [5.41, 5.74) is 0. The minimum Gasteiger partial charge on any atom is -1.00 e. The largest absolute Gasteiger partial charge is 3.00 e. The normalized spacial score (nSPS) is 4.00. The van der Waals surface area contributed by atoms with E-state index < -0.39 is 0 Å². The number of carbonyl (C=O) groups excluding carboxylic acids is 1. The van der Waals surface area contributed by atoms with Crippen LogP contribution in [0.15, 0.2) is 12.7 Å². The van der Waals surface area contributed by atoms with Crippen molar-refractivity contribution in [1.29, 1.82) is 0 Å². The molecule has 0 aliphatic rings. The fourth-order valence-corrected chi connectivity index (χ4v) is 0.0589. The summed E-state index contributed by atoms with van der Waals surface area (Å²) in [6.45, 7) is 3.29. The molecule has 0 radical (unpaired) electrons. The second kappa shape index (κ2) is 25.9. The zero-order valence-corrected chi connectivity index (χ0v) is 6.54. The van der Waals surface area contributed by atoms with Gasteiger partial charge in [0, 0.05) is 0 Å². The molecular formula is C4H5Cl2CoO. The van der Waals surface area contributed by atoms with Gasteiger partial charge in [0.05, 0.1) is 0 Å². The van der Waals surface area contributed by atoms with E-state index in [-0.39, 0.29) is 41.6 Å². The molecule has 0 saturated carbocycles. The molecule has 0 fully saturated rings. The van der Waals surface area contributed by atoms with Crippen molar-refractivity contribution in [3.63, 3.8) is 0 Å². The SMILES string of the molecule is C=CC[C-]=O.[Cl-].[Cl-].[Co+3]. The summed E-state index contributed by atoms with van der Waals surface area (Å²) in [6.07, 6.45) is 3.50. The van der Waals surface area contributed by atoms with Gasteiger partial charge in [0.1, 0.15) is 0 Å². The van der Waals surface area contributed by atoms with Crippen molar-refractivity contribution in [3.05, 3.63) is 12.7 Å². The van der Waals surface area contributed by atoms with Crippen molar-refractivity contribution in [2.75, 3.05) is 0 Å². The van der Waals surface area contributed by atoms with E-state index in [1.54, 1.807) is 6.29 Å². The quantitative estimate of drug-likeness (QED) is 0.320. The minimum absolute atomic E-state index is 0. The zero-order chi connectivity index (χ0) is 4.12. The van der Waals surface area contributed by atoms with Gasteiger partial charge in [-0.25, -0.2) is 0 Å². The van der Waals surface area contributed by atoms with Gasteiger partial charge in [0.25, 0.3) is 0 Å². The van der Waals surface area contributed by atoms with Crippen molar-refractivity contribution in [2.24, 2.45) is 0 Å². The first kappa shape index (κ1) is 23.6. The molecule has 0 aromatic rings. The van der Waals surface area contributed by atoms with Gasteiger partial charge in [-0.3, -0.25) is 6.29 Å². The summed E-state index contributed by atoms with van der Waals surface area (Å²) in [7, 11) is 0. The van der Waals surface area contributed by atoms with Crippen molar-refractivity contribution < 1.29 is 46.4 Å². The van der Waals surface area contributed by atoms with Gasteiger partial charge >= 0.3 is 16.8 Å². The van der Waals surface area contributed by atoms with Gasteiger partial charge in [-0.15, -0.1) is 19.1 Å². The second-order valence-electron chi connectivity index (χ2n) is 0.637. The maximum absolute atomic E-state index is 9.21. The minimum atomic E-state index is 0. The Morgan fingerprint density at radius 2 is 1.88 bits per heavy atom. The monoisotopic (exact) mass is 198 g/mol. The number of hydrogen-bond acceptors (Lipinski definition) is 1. The molecule has 0 saturated heterocycles. The van der Waals surface area contributed by atoms with Crippen LogP contribution in [0.25, 0.3) is 0 Å². The van der Waals surface area contributed by atoms with E-state index >= 15 is 0 Å². The first-order valence-corrected chi connectivity index (χ1v) is 1.37. The number of allylic oxidation sites excluding steroid dienone is 1. The van der Waals surface area contributed by atoms with Crippen LogP contribution in [-0.4, -0.2) is 6.29 Å². The standard InChI is InChI=1S/C4H5O.2ClH.Co/c1-2-3-4-5;;;/h2H,1,3H2;2*1H;/q-1;;;+3/p-2. The van der Waals surface area contributed by atoms with Crippen LogP contribution in [0.5, 0.6) is 0 Å². The molecule has 0 N–H and O–H groups in total. The molecule has 50 valence electrons. The van der Waals surface area contributed by atoms with Crippen molar-refractivity contribution in [1.82, 2.24) is 0 Å². The van der Waals surface area contributed by atoms with E-state index in [9.17, 15) is 4.79 Å². The fourth-order valence-electron chi connectivity index (χ4n) is 0.0589. The molecule has 0 heterocycles. The molecule has 1 nitrogen and oxygen atoms in total. The molecule has 0 unspecified atom stereocenters. The Labute approximate surface area is 71.9 Å². The van der Waals surface area contributed by atoms with Gasteiger partial charge in [-0.2, -0.15) is 0 Å². The maximum Gasteiger partial charge on any atom is 3.00 e. The van der Waals surface area contributed by atoms with Gasteiger partial charge in [0.15, 0.2) is 0 Å². The Morgan fingerprint density at radius 3 is 1.88 bits per heavy atom. The van der Waals surface area contributed by atoms with Crippen molar-refractivity contribution in [3.8, 4) is 0 Å². The second-order valence-corrected chi connectivity index (χ2v) is 0.637. The zero-order valence-electron chi connectivity index (χ0n) is 3.99. The Hall–Kier alpha value is 0.496. The summed E-state index contributed by atoms with van der Waals surface area (Å²) in [5, 5.41) is 0. The fraction of sp³-hybridized carbons (Fsp3) is 0.250. The van der Waals surface area contributed by atoms with Crippen molar-refractivity contribution >= 4 is 6.29 Å². The van der Waals surface area contributed by atoms with Crippen molar-refractivity contribution in [2.45, 2.75) is 6.42 Å². The molecule has 0 bridgehead atoms. The summed E-state index contributed by atoms with van der Waals surface area (Å²) in [5.74, 6) is 0. The van der Waals surface area contributed by atoms with E-state index in [0.717, 1.165) is 0 Å². The van der Waals surface area contributed by atoms with Crippen LogP contribution in [0.2, 0.25) is 0 Å². The van der Waals surface area contributed by atoms with E-state index in [1.807, 2.05) is 0 Å². The van der Waals surface area contributed by atoms with Crippen LogP contribution >= 0.6 is 0 Å².